The number of hydrogen-bond donors (Lipinski definition) is 0. The van der Waals surface area contributed by atoms with Crippen LogP contribution in [0.4, 0.5) is 34.1 Å². The van der Waals surface area contributed by atoms with Crippen LogP contribution in [0, 0.1) is 27.7 Å². The van der Waals surface area contributed by atoms with Crippen LogP contribution >= 0.6 is 0 Å². The van der Waals surface area contributed by atoms with E-state index < -0.39 is 0 Å². The highest BCUT2D eigenvalue weighted by atomic mass is 15.2. The zero-order valence-electron chi connectivity index (χ0n) is 32.5. The first-order chi connectivity index (χ1) is 27.4. The van der Waals surface area contributed by atoms with Gasteiger partial charge in [-0.2, -0.15) is 0 Å². The number of anilines is 6. The van der Waals surface area contributed by atoms with Crippen molar-refractivity contribution in [3.8, 4) is 0 Å². The minimum atomic E-state index is 1.11. The van der Waals surface area contributed by atoms with Crippen LogP contribution in [0.5, 0.6) is 0 Å². The molecular weight excluding hydrogens is 677 g/mol. The molecule has 8 aromatic rings. The number of rotatable bonds is 10. The molecule has 0 aliphatic heterocycles. The van der Waals surface area contributed by atoms with Gasteiger partial charge in [0.2, 0.25) is 0 Å². The molecule has 0 unspecified atom stereocenters. The van der Waals surface area contributed by atoms with Gasteiger partial charge in [0.15, 0.2) is 0 Å². The molecule has 0 saturated heterocycles. The van der Waals surface area contributed by atoms with E-state index in [1.54, 1.807) is 0 Å². The molecule has 0 fully saturated rings. The lowest BCUT2D eigenvalue weighted by Gasteiger charge is -2.32. The highest BCUT2D eigenvalue weighted by Crippen LogP contribution is 2.47. The summed E-state index contributed by atoms with van der Waals surface area (Å²) in [5.41, 5.74) is 16.2. The predicted molar refractivity (Wildman–Crippen MR) is 243 cm³/mol. The standard InChI is InChI=1S/C54H46N2/c1-39-19-29-47(30-20-39)55(51-33-23-41(3)37-45(51)27-25-43-13-7-5-8-14-43)53-35-36-54(50-18-12-11-17-49(50)53)56(48-31-21-40(2)22-32-48)52-34-24-42(4)38-46(52)28-26-44-15-9-6-10-16-44/h5-38H,1-4H3. The second kappa shape index (κ2) is 16.2. The van der Waals surface area contributed by atoms with Crippen molar-refractivity contribution in [3.63, 3.8) is 0 Å². The molecule has 0 radical (unpaired) electrons. The topological polar surface area (TPSA) is 6.48 Å². The van der Waals surface area contributed by atoms with E-state index in [-0.39, 0.29) is 0 Å². The average Bonchev–Trinajstić information content (AvgIpc) is 3.23. The van der Waals surface area contributed by atoms with Crippen LogP contribution in [0.15, 0.2) is 182 Å². The summed E-state index contributed by atoms with van der Waals surface area (Å²) in [6.07, 6.45) is 8.90. The van der Waals surface area contributed by atoms with Crippen molar-refractivity contribution in [2.45, 2.75) is 27.7 Å². The minimum absolute atomic E-state index is 1.11. The van der Waals surface area contributed by atoms with Gasteiger partial charge < -0.3 is 9.80 Å². The van der Waals surface area contributed by atoms with Crippen LogP contribution in [0.25, 0.3) is 35.1 Å². The lowest BCUT2D eigenvalue weighted by molar-refractivity contribution is 1.25. The molecule has 0 aromatic heterocycles. The average molecular weight is 723 g/mol. The van der Waals surface area contributed by atoms with E-state index in [2.05, 4.69) is 244 Å². The van der Waals surface area contributed by atoms with Crippen LogP contribution in [0.2, 0.25) is 0 Å². The first-order valence-corrected chi connectivity index (χ1v) is 19.3. The largest absolute Gasteiger partial charge is 0.309 e. The van der Waals surface area contributed by atoms with Crippen molar-refractivity contribution in [3.05, 3.63) is 226 Å². The van der Waals surface area contributed by atoms with Crippen LogP contribution < -0.4 is 9.80 Å². The Hall–Kier alpha value is -6.90. The first kappa shape index (κ1) is 36.1. The Morgan fingerprint density at radius 1 is 0.304 bits per heavy atom. The van der Waals surface area contributed by atoms with Gasteiger partial charge in [0.1, 0.15) is 0 Å². The quantitative estimate of drug-likeness (QED) is 0.130. The maximum absolute atomic E-state index is 2.42. The molecule has 0 saturated carbocycles. The number of aryl methyl sites for hydroxylation is 4. The van der Waals surface area contributed by atoms with Gasteiger partial charge in [-0.1, -0.05) is 168 Å². The maximum atomic E-state index is 2.42. The van der Waals surface area contributed by atoms with Crippen LogP contribution in [-0.2, 0) is 0 Å². The Kier molecular flexibility index (Phi) is 10.5. The molecule has 0 spiro atoms. The molecule has 272 valence electrons. The summed E-state index contributed by atoms with van der Waals surface area (Å²) in [5.74, 6) is 0. The molecule has 0 heterocycles. The number of nitrogens with zero attached hydrogens (tertiary/aromatic N) is 2. The third-order valence-corrected chi connectivity index (χ3v) is 10.3. The Morgan fingerprint density at radius 2 is 0.643 bits per heavy atom. The fourth-order valence-electron chi connectivity index (χ4n) is 7.38. The zero-order valence-corrected chi connectivity index (χ0v) is 32.5. The molecule has 0 amide bonds. The fourth-order valence-corrected chi connectivity index (χ4v) is 7.38. The van der Waals surface area contributed by atoms with Crippen molar-refractivity contribution in [1.29, 1.82) is 0 Å². The molecule has 0 N–H and O–H groups in total. The summed E-state index contributed by atoms with van der Waals surface area (Å²) in [5, 5.41) is 2.32. The number of hydrogen-bond acceptors (Lipinski definition) is 2. The molecule has 0 bridgehead atoms. The lowest BCUT2D eigenvalue weighted by atomic mass is 9.99. The van der Waals surface area contributed by atoms with Crippen molar-refractivity contribution in [2.75, 3.05) is 9.80 Å². The number of fused-ring (bicyclic) bond motifs is 1. The predicted octanol–water partition coefficient (Wildman–Crippen LogP) is 15.4. The summed E-state index contributed by atoms with van der Waals surface area (Å²) in [6.45, 7) is 8.62. The smallest absolute Gasteiger partial charge is 0.0541 e. The van der Waals surface area contributed by atoms with E-state index in [0.29, 0.717) is 0 Å². The molecule has 0 aliphatic carbocycles. The SMILES string of the molecule is Cc1ccc(N(c2ccc(C)cc2C=Cc2ccccc2)c2ccc(N(c3ccc(C)cc3)c3ccc(C)cc3C=Cc3ccccc3)c3ccccc23)cc1. The summed E-state index contributed by atoms with van der Waals surface area (Å²) in [7, 11) is 0. The normalized spacial score (nSPS) is 11.4. The van der Waals surface area contributed by atoms with Crippen LogP contribution in [-0.4, -0.2) is 0 Å². The van der Waals surface area contributed by atoms with Gasteiger partial charge in [0.25, 0.3) is 0 Å². The van der Waals surface area contributed by atoms with E-state index in [9.17, 15) is 0 Å². The van der Waals surface area contributed by atoms with Gasteiger partial charge in [-0.05, 0) is 111 Å². The van der Waals surface area contributed by atoms with Gasteiger partial charge in [-0.3, -0.25) is 0 Å². The van der Waals surface area contributed by atoms with E-state index in [0.717, 1.165) is 56.0 Å². The van der Waals surface area contributed by atoms with E-state index >= 15 is 0 Å². The maximum Gasteiger partial charge on any atom is 0.0541 e. The Labute approximate surface area is 332 Å². The number of benzene rings is 8. The summed E-state index contributed by atoms with van der Waals surface area (Å²) in [6, 6.07) is 65.8. The van der Waals surface area contributed by atoms with Crippen LogP contribution in [0.3, 0.4) is 0 Å². The summed E-state index contributed by atoms with van der Waals surface area (Å²) in [4.78, 5) is 4.84. The highest BCUT2D eigenvalue weighted by Gasteiger charge is 2.23. The molecule has 2 heteroatoms. The van der Waals surface area contributed by atoms with Gasteiger partial charge in [0, 0.05) is 22.1 Å². The van der Waals surface area contributed by atoms with E-state index in [1.165, 1.54) is 33.4 Å². The summed E-state index contributed by atoms with van der Waals surface area (Å²) >= 11 is 0. The Balaban J connectivity index is 1.34. The van der Waals surface area contributed by atoms with Crippen molar-refractivity contribution < 1.29 is 0 Å². The van der Waals surface area contributed by atoms with Gasteiger partial charge in [0.05, 0.1) is 22.7 Å². The second-order valence-electron chi connectivity index (χ2n) is 14.6. The van der Waals surface area contributed by atoms with Crippen molar-refractivity contribution in [2.24, 2.45) is 0 Å². The Morgan fingerprint density at radius 3 is 1.04 bits per heavy atom. The summed E-state index contributed by atoms with van der Waals surface area (Å²) < 4.78 is 0. The molecule has 8 aromatic carbocycles. The third kappa shape index (κ3) is 7.83. The fraction of sp³-hybridized carbons (Fsp3) is 0.0741. The third-order valence-electron chi connectivity index (χ3n) is 10.3. The zero-order chi connectivity index (χ0) is 38.4. The molecule has 8 rings (SSSR count). The first-order valence-electron chi connectivity index (χ1n) is 19.3. The lowest BCUT2D eigenvalue weighted by Crippen LogP contribution is -2.15. The van der Waals surface area contributed by atoms with Gasteiger partial charge >= 0.3 is 0 Å². The highest BCUT2D eigenvalue weighted by molar-refractivity contribution is 6.08. The molecule has 0 atom stereocenters. The van der Waals surface area contributed by atoms with Gasteiger partial charge in [-0.25, -0.2) is 0 Å². The minimum Gasteiger partial charge on any atom is -0.309 e. The molecule has 56 heavy (non-hydrogen) atoms. The Bertz CT molecular complexity index is 2470. The second-order valence-corrected chi connectivity index (χ2v) is 14.6. The van der Waals surface area contributed by atoms with Crippen LogP contribution in [0.1, 0.15) is 44.5 Å². The van der Waals surface area contributed by atoms with E-state index in [1.807, 2.05) is 0 Å². The molecular formula is C54H46N2. The van der Waals surface area contributed by atoms with Gasteiger partial charge in [-0.15, -0.1) is 0 Å². The monoisotopic (exact) mass is 722 g/mol. The van der Waals surface area contributed by atoms with Crippen molar-refractivity contribution >= 4 is 69.2 Å². The van der Waals surface area contributed by atoms with Crippen molar-refractivity contribution in [1.82, 2.24) is 0 Å². The molecule has 2 nitrogen and oxygen atoms in total. The van der Waals surface area contributed by atoms with E-state index in [4.69, 9.17) is 0 Å². The molecule has 0 aliphatic rings.